The van der Waals surface area contributed by atoms with Gasteiger partial charge in [-0.05, 0) is 94.6 Å². The Labute approximate surface area is 305 Å². The van der Waals surface area contributed by atoms with E-state index >= 15 is 4.21 Å². The number of nitrogens with one attached hydrogen (secondary N) is 1. The smallest absolute Gasteiger partial charge is 0.304 e. The van der Waals surface area contributed by atoms with E-state index in [4.69, 9.17) is 4.74 Å². The van der Waals surface area contributed by atoms with Crippen molar-refractivity contribution in [1.82, 2.24) is 27.7 Å². The molecule has 13 heteroatoms. The van der Waals surface area contributed by atoms with Gasteiger partial charge in [0.25, 0.3) is 5.91 Å². The highest BCUT2D eigenvalue weighted by Crippen LogP contribution is 2.63. The molecule has 4 fully saturated rings. The summed E-state index contributed by atoms with van der Waals surface area (Å²) in [5, 5.41) is 1.10. The number of likely N-dealkylation sites (N-methyl/N-ethyl adjacent to an activating group) is 2. The van der Waals surface area contributed by atoms with E-state index < -0.39 is 31.8 Å². The number of ether oxygens (including phenoxy) is 1. The van der Waals surface area contributed by atoms with Crippen LogP contribution in [0.5, 0.6) is 5.75 Å². The van der Waals surface area contributed by atoms with Crippen LogP contribution >= 0.6 is 0 Å². The molecule has 0 spiro atoms. The van der Waals surface area contributed by atoms with E-state index in [1.54, 1.807) is 13.2 Å². The van der Waals surface area contributed by atoms with Crippen LogP contribution < -0.4 is 9.46 Å². The Hall–Kier alpha value is -2.81. The Morgan fingerprint density at radius 2 is 1.67 bits per heavy atom. The van der Waals surface area contributed by atoms with Gasteiger partial charge in [-0.3, -0.25) is 9.69 Å². The fourth-order valence-corrected chi connectivity index (χ4v) is 12.6. The molecule has 1 aromatic heterocycles. The number of carbonyl (C=O) groups is 1. The highest BCUT2D eigenvalue weighted by atomic mass is 32.2. The maximum atomic E-state index is 15.0. The minimum Gasteiger partial charge on any atom is -0.497 e. The molecule has 2 aliphatic carbocycles. The van der Waals surface area contributed by atoms with E-state index in [2.05, 4.69) is 56.4 Å². The molecule has 51 heavy (non-hydrogen) atoms. The second-order valence-corrected chi connectivity index (χ2v) is 19.3. The van der Waals surface area contributed by atoms with Gasteiger partial charge in [0.05, 0.1) is 17.6 Å². The normalized spacial score (nSPS) is 28.8. The SMILES string of the molecule is COc1ccc2c(c1)C1CC1(S(=O)N1CC(C)N(C)C(C)C1)Cn1c-2c(C2CCCCC2)c2ccc(C(=O)NS(=O)(=O)N3CCN(C)CC3)cc21. The summed E-state index contributed by atoms with van der Waals surface area (Å²) < 4.78 is 55.2. The largest absolute Gasteiger partial charge is 0.497 e. The zero-order valence-electron chi connectivity index (χ0n) is 30.6. The van der Waals surface area contributed by atoms with Gasteiger partial charge in [0.15, 0.2) is 0 Å². The number of benzene rings is 2. The van der Waals surface area contributed by atoms with Crippen LogP contribution in [0, 0.1) is 0 Å². The third-order valence-electron chi connectivity index (χ3n) is 12.7. The van der Waals surface area contributed by atoms with Crippen molar-refractivity contribution < 1.29 is 22.2 Å². The fraction of sp³-hybridized carbons (Fsp3) is 0.605. The van der Waals surface area contributed by atoms with Gasteiger partial charge in [-0.25, -0.2) is 13.2 Å². The number of rotatable bonds is 7. The summed E-state index contributed by atoms with van der Waals surface area (Å²) in [5.41, 5.74) is 6.00. The van der Waals surface area contributed by atoms with Crippen LogP contribution in [-0.2, 0) is 27.7 Å². The van der Waals surface area contributed by atoms with Gasteiger partial charge in [-0.2, -0.15) is 12.7 Å². The predicted octanol–water partition coefficient (Wildman–Crippen LogP) is 4.51. The third kappa shape index (κ3) is 6.05. The lowest BCUT2D eigenvalue weighted by molar-refractivity contribution is 0.0977. The lowest BCUT2D eigenvalue weighted by Gasteiger charge is -2.42. The number of hydrogen-bond donors (Lipinski definition) is 1. The van der Waals surface area contributed by atoms with E-state index in [0.717, 1.165) is 60.3 Å². The van der Waals surface area contributed by atoms with Gasteiger partial charge in [0.2, 0.25) is 0 Å². The molecule has 4 heterocycles. The number of nitrogens with zero attached hydrogens (tertiary/aromatic N) is 5. The Morgan fingerprint density at radius 1 is 0.961 bits per heavy atom. The summed E-state index contributed by atoms with van der Waals surface area (Å²) in [6, 6.07) is 12.6. The summed E-state index contributed by atoms with van der Waals surface area (Å²) in [4.78, 5) is 18.2. The van der Waals surface area contributed by atoms with Crippen molar-refractivity contribution in [2.75, 3.05) is 60.5 Å². The van der Waals surface area contributed by atoms with Crippen LogP contribution in [0.25, 0.3) is 22.2 Å². The fourth-order valence-electron chi connectivity index (χ4n) is 9.34. The first kappa shape index (κ1) is 35.2. The lowest BCUT2D eigenvalue weighted by Crippen LogP contribution is -2.57. The van der Waals surface area contributed by atoms with E-state index in [1.165, 1.54) is 34.7 Å². The molecule has 8 rings (SSSR count). The molecule has 2 saturated heterocycles. The molecule has 2 saturated carbocycles. The molecule has 0 bridgehead atoms. The molecule has 11 nitrogen and oxygen atoms in total. The van der Waals surface area contributed by atoms with Crippen LogP contribution in [0.1, 0.15) is 85.7 Å². The van der Waals surface area contributed by atoms with Gasteiger partial charge >= 0.3 is 10.2 Å². The maximum absolute atomic E-state index is 15.0. The highest BCUT2D eigenvalue weighted by molar-refractivity contribution is 7.87. The van der Waals surface area contributed by atoms with Crippen LogP contribution in [0.4, 0.5) is 0 Å². The average Bonchev–Trinajstić information content (AvgIpc) is 3.79. The van der Waals surface area contributed by atoms with Crippen LogP contribution in [0.15, 0.2) is 36.4 Å². The van der Waals surface area contributed by atoms with E-state index in [1.807, 2.05) is 25.2 Å². The van der Waals surface area contributed by atoms with Gasteiger partial charge in [-0.1, -0.05) is 25.3 Å². The van der Waals surface area contributed by atoms with Gasteiger partial charge in [-0.15, -0.1) is 0 Å². The molecule has 0 radical (unpaired) electrons. The number of fused-ring (bicyclic) bond motifs is 7. The van der Waals surface area contributed by atoms with E-state index in [-0.39, 0.29) is 18.0 Å². The lowest BCUT2D eigenvalue weighted by atomic mass is 9.81. The third-order valence-corrected chi connectivity index (χ3v) is 16.2. The van der Waals surface area contributed by atoms with E-state index in [0.29, 0.717) is 44.2 Å². The van der Waals surface area contributed by atoms with Crippen molar-refractivity contribution in [1.29, 1.82) is 0 Å². The highest BCUT2D eigenvalue weighted by Gasteiger charge is 2.63. The van der Waals surface area contributed by atoms with Crippen molar-refractivity contribution >= 4 is 38.0 Å². The first-order valence-corrected chi connectivity index (χ1v) is 21.2. The minimum absolute atomic E-state index is 0.100. The van der Waals surface area contributed by atoms with Crippen LogP contribution in [0.3, 0.4) is 0 Å². The van der Waals surface area contributed by atoms with Crippen molar-refractivity contribution in [2.45, 2.75) is 87.6 Å². The number of carbonyl (C=O) groups excluding carboxylic acids is 1. The van der Waals surface area contributed by atoms with Crippen LogP contribution in [-0.4, -0.2) is 119 Å². The van der Waals surface area contributed by atoms with Gasteiger partial charge in [0, 0.05) is 85.8 Å². The predicted molar refractivity (Wildman–Crippen MR) is 202 cm³/mol. The molecule has 3 aromatic rings. The molecule has 5 atom stereocenters. The zero-order valence-corrected chi connectivity index (χ0v) is 32.2. The van der Waals surface area contributed by atoms with Gasteiger partial charge in [0.1, 0.15) is 16.7 Å². The Kier molecular flexibility index (Phi) is 9.15. The molecule has 1 N–H and O–H groups in total. The molecule has 3 aliphatic heterocycles. The van der Waals surface area contributed by atoms with E-state index in [9.17, 15) is 13.2 Å². The first-order chi connectivity index (χ1) is 24.4. The Balaban J connectivity index is 1.26. The number of piperazine rings is 2. The molecule has 1 amide bonds. The standard InChI is InChI=1S/C38H52N6O5S2/c1-25-22-42(23-26(2)41(25)4)50(46)38-21-33(38)32-20-29(49-5)12-14-30(32)36-35(27-9-7-6-8-10-27)31-13-11-28(19-34(31)44(36)24-38)37(45)39-51(47,48)43-17-15-40(3)16-18-43/h11-14,19-20,25-27,33H,6-10,15-18,21-24H2,1-5H3,(H,39,45). The average molecular weight is 737 g/mol. The second kappa shape index (κ2) is 13.2. The van der Waals surface area contributed by atoms with Crippen molar-refractivity contribution in [3.8, 4) is 17.0 Å². The van der Waals surface area contributed by atoms with Crippen molar-refractivity contribution in [3.63, 3.8) is 0 Å². The summed E-state index contributed by atoms with van der Waals surface area (Å²) in [5.74, 6) is 0.627. The van der Waals surface area contributed by atoms with Gasteiger partial charge < -0.3 is 14.2 Å². The summed E-state index contributed by atoms with van der Waals surface area (Å²) in [6.45, 7) is 8.36. The molecule has 2 aromatic carbocycles. The Morgan fingerprint density at radius 3 is 2.35 bits per heavy atom. The monoisotopic (exact) mass is 736 g/mol. The molecule has 276 valence electrons. The number of hydrogen-bond acceptors (Lipinski definition) is 7. The molecule has 5 aliphatic rings. The van der Waals surface area contributed by atoms with Crippen molar-refractivity contribution in [3.05, 3.63) is 53.1 Å². The zero-order chi connectivity index (χ0) is 35.8. The maximum Gasteiger partial charge on any atom is 0.304 e. The van der Waals surface area contributed by atoms with Crippen molar-refractivity contribution in [2.24, 2.45) is 0 Å². The second-order valence-electron chi connectivity index (χ2n) is 15.8. The molecular weight excluding hydrogens is 685 g/mol. The quantitative estimate of drug-likeness (QED) is 0.381. The number of methoxy groups -OCH3 is 1. The van der Waals surface area contributed by atoms with Crippen LogP contribution in [0.2, 0.25) is 0 Å². The molecule has 5 unspecified atom stereocenters. The molecular formula is C38H52N6O5S2. The minimum atomic E-state index is -4.00. The number of aromatic nitrogens is 1. The topological polar surface area (TPSA) is 107 Å². The summed E-state index contributed by atoms with van der Waals surface area (Å²) in [7, 11) is 0.544. The Bertz CT molecular complexity index is 1970. The summed E-state index contributed by atoms with van der Waals surface area (Å²) >= 11 is 0. The number of amides is 1. The first-order valence-electron chi connectivity index (χ1n) is 18.7. The summed E-state index contributed by atoms with van der Waals surface area (Å²) in [6.07, 6.45) is 6.58.